The second-order valence-electron chi connectivity index (χ2n) is 25.9. The minimum absolute atomic E-state index is 0.0329. The molecule has 11 rings (SSSR count). The first-order chi connectivity index (χ1) is 45.7. The summed E-state index contributed by atoms with van der Waals surface area (Å²) in [5.41, 5.74) is 11.7. The standard InChI is InChI=1S/C69H81Cl2FN11O11P/c1-6-7-8-9-10-11-12-13-14-15-16-17-18-19-20-21-26-48(86-49-34-44(38-73)33-47(72)35-49)39-85-95(84,93-54-27-22-24-45(56(54)70)36-68(40-74)62-60(87-66(2,3)91-62)58(89-68)50-29-31-52-64(76)78-42-80-82(50)52)94-55-28-23-25-46(57(55)71)37-69(41-75)63-61(88-67(4,5)92-63)59(90-69)51-30-32-53-65(77)79-43-81-83(51)53/h22-25,27-35,42-43,48,58-63H,6-21,26,36-37,39H2,1-5H3,(H2,76,78,80)(H2,77,79,81)/t48-,58-,59-,60?,61?,62?,63?,68+,69+,95?/m0/s1. The number of nitrogen functional groups attached to an aromatic ring is 2. The second-order valence-corrected chi connectivity index (χ2v) is 28.2. The number of rotatable bonds is 32. The number of phosphoric ester groups is 1. The Kier molecular flexibility index (Phi) is 21.6. The zero-order chi connectivity index (χ0) is 67.1. The van der Waals surface area contributed by atoms with Crippen LogP contribution >= 0.6 is 31.0 Å². The number of nitrogens with two attached hydrogens (primary N) is 2. The first kappa shape index (κ1) is 69.2. The van der Waals surface area contributed by atoms with Crippen LogP contribution < -0.4 is 25.3 Å². The smallest absolute Gasteiger partial charge is 0.488 e. The van der Waals surface area contributed by atoms with E-state index in [0.29, 0.717) is 46.4 Å². The van der Waals surface area contributed by atoms with Gasteiger partial charge in [0.05, 0.1) is 39.7 Å². The number of ether oxygens (including phenoxy) is 7. The number of nitriles is 3. The molecule has 0 aliphatic carbocycles. The topological polar surface area (TPSA) is 293 Å². The minimum atomic E-state index is -5.05. The summed E-state index contributed by atoms with van der Waals surface area (Å²) < 4.78 is 99.2. The number of unbranched alkanes of at least 4 members (excludes halogenated alkanes) is 15. The Hall–Kier alpha value is -7.17. The number of halogens is 3. The molecule has 4 aliphatic heterocycles. The number of aromatic nitrogens is 6. The molecular formula is C69H81Cl2FN11O11P. The van der Waals surface area contributed by atoms with Crippen LogP contribution in [0.2, 0.25) is 10.0 Å². The van der Waals surface area contributed by atoms with Crippen molar-refractivity contribution in [1.29, 1.82) is 15.8 Å². The Morgan fingerprint density at radius 2 is 1.07 bits per heavy atom. The van der Waals surface area contributed by atoms with Gasteiger partial charge in [-0.25, -0.2) is 28.0 Å². The third kappa shape index (κ3) is 15.5. The van der Waals surface area contributed by atoms with E-state index in [1.807, 2.05) is 6.07 Å². The highest BCUT2D eigenvalue weighted by Gasteiger charge is 2.66. The molecule has 0 radical (unpaired) electrons. The fourth-order valence-electron chi connectivity index (χ4n) is 13.4. The van der Waals surface area contributed by atoms with Gasteiger partial charge in [0.15, 0.2) is 45.9 Å². The molecule has 504 valence electrons. The Bertz CT molecular complexity index is 3850. The predicted octanol–water partition coefficient (Wildman–Crippen LogP) is 15.1. The summed E-state index contributed by atoms with van der Waals surface area (Å²) in [5.74, 6) is -2.81. The fourth-order valence-corrected chi connectivity index (χ4v) is 15.3. The summed E-state index contributed by atoms with van der Waals surface area (Å²) >= 11 is 14.7. The molecule has 22 nitrogen and oxygen atoms in total. The van der Waals surface area contributed by atoms with Crippen LogP contribution in [0.15, 0.2) is 91.5 Å². The van der Waals surface area contributed by atoms with E-state index in [1.54, 1.807) is 85.3 Å². The molecule has 0 spiro atoms. The summed E-state index contributed by atoms with van der Waals surface area (Å²) in [7, 11) is -5.05. The van der Waals surface area contributed by atoms with Crippen molar-refractivity contribution in [3.8, 4) is 35.5 Å². The van der Waals surface area contributed by atoms with Crippen LogP contribution in [0.4, 0.5) is 16.0 Å². The Morgan fingerprint density at radius 3 is 1.52 bits per heavy atom. The van der Waals surface area contributed by atoms with E-state index < -0.39 is 85.8 Å². The molecule has 4 N–H and O–H groups in total. The van der Waals surface area contributed by atoms with Crippen molar-refractivity contribution in [3.05, 3.63) is 135 Å². The summed E-state index contributed by atoms with van der Waals surface area (Å²) in [5, 5.41) is 41.0. The highest BCUT2D eigenvalue weighted by atomic mass is 35.5. The molecule has 0 saturated carbocycles. The first-order valence-electron chi connectivity index (χ1n) is 32.8. The number of hydrogen-bond donors (Lipinski definition) is 2. The summed E-state index contributed by atoms with van der Waals surface area (Å²) in [6, 6.07) is 26.9. The van der Waals surface area contributed by atoms with E-state index in [1.165, 1.54) is 101 Å². The van der Waals surface area contributed by atoms with Gasteiger partial charge in [-0.2, -0.15) is 26.0 Å². The molecule has 4 aromatic heterocycles. The van der Waals surface area contributed by atoms with Gasteiger partial charge in [-0.3, -0.25) is 4.52 Å². The monoisotopic (exact) mass is 1360 g/mol. The summed E-state index contributed by atoms with van der Waals surface area (Å²) in [6.07, 6.45) is 15.1. The van der Waals surface area contributed by atoms with Gasteiger partial charge in [-0.15, -0.1) is 0 Å². The molecule has 0 bridgehead atoms. The molecule has 9 atom stereocenters. The Labute approximate surface area is 562 Å². The van der Waals surface area contributed by atoms with Gasteiger partial charge in [0.1, 0.15) is 90.1 Å². The number of benzene rings is 3. The maximum absolute atomic E-state index is 16.0. The van der Waals surface area contributed by atoms with Crippen molar-refractivity contribution in [3.63, 3.8) is 0 Å². The van der Waals surface area contributed by atoms with Crippen LogP contribution in [0.3, 0.4) is 0 Å². The Balaban J connectivity index is 0.863. The zero-order valence-electron chi connectivity index (χ0n) is 54.1. The van der Waals surface area contributed by atoms with Crippen molar-refractivity contribution in [2.45, 2.75) is 222 Å². The lowest BCUT2D eigenvalue weighted by molar-refractivity contribution is -0.200. The van der Waals surface area contributed by atoms with E-state index in [0.717, 1.165) is 37.8 Å². The number of nitrogens with zero attached hydrogens (tertiary/aromatic N) is 9. The van der Waals surface area contributed by atoms with Crippen molar-refractivity contribution in [1.82, 2.24) is 29.2 Å². The van der Waals surface area contributed by atoms with Crippen LogP contribution in [0, 0.1) is 39.8 Å². The van der Waals surface area contributed by atoms with Crippen molar-refractivity contribution in [2.24, 2.45) is 0 Å². The second kappa shape index (κ2) is 29.7. The van der Waals surface area contributed by atoms with Crippen LogP contribution in [-0.4, -0.2) is 89.1 Å². The Morgan fingerprint density at radius 1 is 0.621 bits per heavy atom. The number of fused-ring (bicyclic) bond motifs is 4. The predicted molar refractivity (Wildman–Crippen MR) is 352 cm³/mol. The number of anilines is 2. The molecule has 3 aromatic carbocycles. The van der Waals surface area contributed by atoms with Gasteiger partial charge in [-0.05, 0) is 100 Å². The molecule has 26 heteroatoms. The highest BCUT2D eigenvalue weighted by Crippen LogP contribution is 2.57. The lowest BCUT2D eigenvalue weighted by atomic mass is 9.88. The van der Waals surface area contributed by atoms with Crippen molar-refractivity contribution in [2.75, 3.05) is 18.1 Å². The average molecular weight is 1360 g/mol. The zero-order valence-corrected chi connectivity index (χ0v) is 56.5. The van der Waals surface area contributed by atoms with E-state index >= 15 is 8.96 Å². The molecule has 4 fully saturated rings. The lowest BCUT2D eigenvalue weighted by Gasteiger charge is -2.30. The lowest BCUT2D eigenvalue weighted by Crippen LogP contribution is -2.44. The largest absolute Gasteiger partial charge is 0.587 e. The normalized spacial score (nSPS) is 24.2. The van der Waals surface area contributed by atoms with Crippen LogP contribution in [0.25, 0.3) is 11.0 Å². The third-order valence-corrected chi connectivity index (χ3v) is 20.1. The molecule has 4 saturated heterocycles. The van der Waals surface area contributed by atoms with Crippen molar-refractivity contribution >= 4 is 53.7 Å². The highest BCUT2D eigenvalue weighted by molar-refractivity contribution is 7.49. The molecule has 8 heterocycles. The van der Waals surface area contributed by atoms with E-state index in [9.17, 15) is 15.8 Å². The quantitative estimate of drug-likeness (QED) is 0.0292. The van der Waals surface area contributed by atoms with E-state index in [4.69, 9.17) is 81.4 Å². The minimum Gasteiger partial charge on any atom is -0.488 e. The van der Waals surface area contributed by atoms with Gasteiger partial charge in [0.2, 0.25) is 0 Å². The molecule has 7 aromatic rings. The summed E-state index contributed by atoms with van der Waals surface area (Å²) in [4.78, 5) is 8.24. The van der Waals surface area contributed by atoms with Gasteiger partial charge in [0, 0.05) is 18.9 Å². The van der Waals surface area contributed by atoms with Crippen LogP contribution in [0.5, 0.6) is 17.2 Å². The van der Waals surface area contributed by atoms with Gasteiger partial charge < -0.3 is 53.7 Å². The number of phosphoric acid groups is 1. The summed E-state index contributed by atoms with van der Waals surface area (Å²) in [6.45, 7) is 8.77. The van der Waals surface area contributed by atoms with Gasteiger partial charge >= 0.3 is 7.82 Å². The maximum atomic E-state index is 16.0. The van der Waals surface area contributed by atoms with E-state index in [2.05, 4.69) is 39.2 Å². The average Bonchev–Trinajstić information content (AvgIpc) is 1.55. The van der Waals surface area contributed by atoms with Gasteiger partial charge in [0.25, 0.3) is 0 Å². The number of hydrogen-bond acceptors (Lipinski definition) is 20. The van der Waals surface area contributed by atoms with Crippen LogP contribution in [0.1, 0.15) is 184 Å². The van der Waals surface area contributed by atoms with Gasteiger partial charge in [-0.1, -0.05) is 151 Å². The fraction of sp³-hybridized carbons (Fsp3) is 0.522. The molecule has 95 heavy (non-hydrogen) atoms. The molecule has 4 aliphatic rings. The molecular weight excluding hydrogens is 1280 g/mol. The van der Waals surface area contributed by atoms with Crippen LogP contribution in [-0.2, 0) is 50.4 Å². The van der Waals surface area contributed by atoms with Crippen molar-refractivity contribution < 1.29 is 55.7 Å². The first-order valence-corrected chi connectivity index (χ1v) is 35.0. The SMILES string of the molecule is CCCCCCCCCCCCCCCCCC[C@@H](COP(=O)(Oc1cccc(C[C@]2(C#N)O[C@@H](c3ccc4c(N)ncnn34)C3OC(C)(C)OC32)c1Cl)Oc1cccc(C[C@]2(C#N)O[C@@H](c3ccc4c(N)ncnn34)C3OC(C)(C)OC32)c1Cl)Oc1cc(F)cc(C#N)c1. The molecule has 4 unspecified atom stereocenters. The van der Waals surface area contributed by atoms with E-state index in [-0.39, 0.29) is 57.3 Å². The maximum Gasteiger partial charge on any atom is 0.587 e. The molecule has 0 amide bonds. The third-order valence-electron chi connectivity index (χ3n) is 17.9.